The van der Waals surface area contributed by atoms with Crippen LogP contribution < -0.4 is 20.1 Å². The summed E-state index contributed by atoms with van der Waals surface area (Å²) in [7, 11) is 1.61. The van der Waals surface area contributed by atoms with Crippen LogP contribution in [0.15, 0.2) is 47.6 Å². The van der Waals surface area contributed by atoms with E-state index in [4.69, 9.17) is 9.47 Å². The van der Waals surface area contributed by atoms with E-state index >= 15 is 0 Å². The van der Waals surface area contributed by atoms with Crippen molar-refractivity contribution in [2.45, 2.75) is 19.6 Å². The molecule has 1 aromatic heterocycles. The van der Waals surface area contributed by atoms with E-state index in [1.807, 2.05) is 31.2 Å². The van der Waals surface area contributed by atoms with Gasteiger partial charge in [-0.05, 0) is 30.7 Å². The van der Waals surface area contributed by atoms with Crippen LogP contribution in [0, 0.1) is 0 Å². The zero-order valence-corrected chi connectivity index (χ0v) is 18.5. The van der Waals surface area contributed by atoms with Gasteiger partial charge in [0.2, 0.25) is 5.88 Å². The minimum absolute atomic E-state index is 0. The van der Waals surface area contributed by atoms with Crippen molar-refractivity contribution in [1.82, 2.24) is 15.6 Å². The first kappa shape index (κ1) is 24.8. The van der Waals surface area contributed by atoms with Crippen molar-refractivity contribution < 1.29 is 22.6 Å². The molecular formula is C19H24F3IN4O2. The highest BCUT2D eigenvalue weighted by molar-refractivity contribution is 14.0. The molecule has 0 bridgehead atoms. The highest BCUT2D eigenvalue weighted by Crippen LogP contribution is 2.29. The number of benzene rings is 1. The Morgan fingerprint density at radius 1 is 1.10 bits per heavy atom. The fourth-order valence-corrected chi connectivity index (χ4v) is 2.20. The lowest BCUT2D eigenvalue weighted by Crippen LogP contribution is -2.39. The first-order valence-electron chi connectivity index (χ1n) is 8.73. The lowest BCUT2D eigenvalue weighted by molar-refractivity contribution is -0.137. The lowest BCUT2D eigenvalue weighted by atomic mass is 10.2. The summed E-state index contributed by atoms with van der Waals surface area (Å²) in [6, 6.07) is 9.75. The smallest absolute Gasteiger partial charge is 0.417 e. The molecule has 2 aromatic rings. The van der Waals surface area contributed by atoms with Gasteiger partial charge in [-0.1, -0.05) is 12.1 Å². The fraction of sp³-hybridized carbons (Fsp3) is 0.368. The average molecular weight is 524 g/mol. The Kier molecular flexibility index (Phi) is 10.6. The quantitative estimate of drug-likeness (QED) is 0.238. The van der Waals surface area contributed by atoms with Gasteiger partial charge < -0.3 is 20.1 Å². The van der Waals surface area contributed by atoms with Gasteiger partial charge in [-0.3, -0.25) is 0 Å². The van der Waals surface area contributed by atoms with Crippen molar-refractivity contribution in [3.8, 4) is 11.6 Å². The molecule has 2 N–H and O–H groups in total. The Bertz CT molecular complexity index is 754. The Labute approximate surface area is 184 Å². The van der Waals surface area contributed by atoms with Crippen molar-refractivity contribution >= 4 is 29.9 Å². The molecule has 6 nitrogen and oxygen atoms in total. The molecule has 1 heterocycles. The van der Waals surface area contributed by atoms with Crippen LogP contribution in [-0.2, 0) is 12.7 Å². The maximum absolute atomic E-state index is 12.5. The Morgan fingerprint density at radius 3 is 2.38 bits per heavy atom. The van der Waals surface area contributed by atoms with E-state index < -0.39 is 11.7 Å². The molecule has 29 heavy (non-hydrogen) atoms. The van der Waals surface area contributed by atoms with Crippen molar-refractivity contribution in [2.24, 2.45) is 4.99 Å². The summed E-state index contributed by atoms with van der Waals surface area (Å²) in [4.78, 5) is 8.14. The number of nitrogens with one attached hydrogen (secondary N) is 2. The monoisotopic (exact) mass is 524 g/mol. The molecule has 2 rings (SSSR count). The highest BCUT2D eigenvalue weighted by Gasteiger charge is 2.30. The van der Waals surface area contributed by atoms with Gasteiger partial charge in [0.05, 0.1) is 25.8 Å². The lowest BCUT2D eigenvalue weighted by Gasteiger charge is -2.12. The number of guanidine groups is 1. The molecule has 0 aliphatic heterocycles. The minimum Gasteiger partial charge on any atom is -0.497 e. The Hall–Kier alpha value is -2.24. The Balaban J connectivity index is 0.00000420. The number of hydrogen-bond acceptors (Lipinski definition) is 4. The Morgan fingerprint density at radius 2 is 1.83 bits per heavy atom. The van der Waals surface area contributed by atoms with Gasteiger partial charge in [-0.15, -0.1) is 24.0 Å². The van der Waals surface area contributed by atoms with E-state index in [1.165, 1.54) is 6.07 Å². The molecule has 0 fully saturated rings. The zero-order valence-electron chi connectivity index (χ0n) is 16.1. The van der Waals surface area contributed by atoms with Crippen LogP contribution in [0.25, 0.3) is 0 Å². The van der Waals surface area contributed by atoms with E-state index in [1.54, 1.807) is 7.11 Å². The zero-order chi connectivity index (χ0) is 20.4. The maximum atomic E-state index is 12.5. The third-order valence-corrected chi connectivity index (χ3v) is 3.63. The number of hydrogen-bond donors (Lipinski definition) is 2. The van der Waals surface area contributed by atoms with Crippen molar-refractivity contribution in [3.05, 3.63) is 53.7 Å². The van der Waals surface area contributed by atoms with Crippen LogP contribution in [0.1, 0.15) is 18.1 Å². The summed E-state index contributed by atoms with van der Waals surface area (Å²) in [5.41, 5.74) is 0.223. The van der Waals surface area contributed by atoms with Gasteiger partial charge in [0.15, 0.2) is 5.96 Å². The maximum Gasteiger partial charge on any atom is 0.417 e. The van der Waals surface area contributed by atoms with Crippen LogP contribution >= 0.6 is 24.0 Å². The number of aliphatic imine (C=N–C) groups is 1. The van der Waals surface area contributed by atoms with Crippen molar-refractivity contribution in [3.63, 3.8) is 0 Å². The van der Waals surface area contributed by atoms with Gasteiger partial charge in [-0.25, -0.2) is 9.98 Å². The first-order chi connectivity index (χ1) is 13.4. The molecule has 0 spiro atoms. The molecule has 1 aromatic carbocycles. The summed E-state index contributed by atoms with van der Waals surface area (Å²) in [5, 5.41) is 6.22. The number of alkyl halides is 3. The van der Waals surface area contributed by atoms with Crippen LogP contribution in [0.4, 0.5) is 13.2 Å². The van der Waals surface area contributed by atoms with Gasteiger partial charge in [-0.2, -0.15) is 13.2 Å². The predicted molar refractivity (Wildman–Crippen MR) is 116 cm³/mol. The van der Waals surface area contributed by atoms with Gasteiger partial charge in [0.1, 0.15) is 12.4 Å². The van der Waals surface area contributed by atoms with Crippen LogP contribution in [0.3, 0.4) is 0 Å². The molecule has 0 saturated heterocycles. The van der Waals surface area contributed by atoms with E-state index in [0.29, 0.717) is 25.6 Å². The predicted octanol–water partition coefficient (Wildman–Crippen LogP) is 3.86. The van der Waals surface area contributed by atoms with Crippen LogP contribution in [-0.4, -0.2) is 37.7 Å². The first-order valence-corrected chi connectivity index (χ1v) is 8.73. The van der Waals surface area contributed by atoms with Gasteiger partial charge in [0, 0.05) is 18.8 Å². The fourth-order valence-electron chi connectivity index (χ4n) is 2.20. The summed E-state index contributed by atoms with van der Waals surface area (Å²) in [5.74, 6) is 1.53. The molecule has 10 heteroatoms. The van der Waals surface area contributed by atoms with E-state index in [2.05, 4.69) is 20.6 Å². The van der Waals surface area contributed by atoms with Crippen molar-refractivity contribution in [2.75, 3.05) is 26.8 Å². The number of rotatable bonds is 8. The molecule has 0 amide bonds. The average Bonchev–Trinajstić information content (AvgIpc) is 2.69. The van der Waals surface area contributed by atoms with Gasteiger partial charge in [0.25, 0.3) is 0 Å². The molecule has 0 unspecified atom stereocenters. The molecule has 160 valence electrons. The summed E-state index contributed by atoms with van der Waals surface area (Å²) < 4.78 is 48.0. The van der Waals surface area contributed by atoms with Crippen LogP contribution in [0.2, 0.25) is 0 Å². The number of nitrogens with zero attached hydrogens (tertiary/aromatic N) is 2. The summed E-state index contributed by atoms with van der Waals surface area (Å²) in [6.07, 6.45) is -3.66. The van der Waals surface area contributed by atoms with Crippen molar-refractivity contribution in [1.29, 1.82) is 0 Å². The normalized spacial score (nSPS) is 11.4. The molecule has 0 saturated carbocycles. The third-order valence-electron chi connectivity index (χ3n) is 3.63. The topological polar surface area (TPSA) is 67.8 Å². The summed E-state index contributed by atoms with van der Waals surface area (Å²) >= 11 is 0. The minimum atomic E-state index is -4.41. The highest BCUT2D eigenvalue weighted by atomic mass is 127. The number of halogens is 4. The van der Waals surface area contributed by atoms with E-state index in [-0.39, 0.29) is 36.5 Å². The van der Waals surface area contributed by atoms with E-state index in [9.17, 15) is 13.2 Å². The molecule has 0 atom stereocenters. The second-order valence-electron chi connectivity index (χ2n) is 5.70. The number of pyridine rings is 1. The number of ether oxygens (including phenoxy) is 2. The third kappa shape index (κ3) is 8.75. The standard InChI is InChI=1S/C19H23F3N4O2.HI/c1-3-23-18(26-12-14-4-7-16(27-2)8-5-14)24-10-11-28-17-9-6-15(13-25-17)19(20,21)22;/h4-9,13H,3,10-12H2,1-2H3,(H2,23,24,26);1H. The molecule has 0 aliphatic carbocycles. The van der Waals surface area contributed by atoms with Crippen LogP contribution in [0.5, 0.6) is 11.6 Å². The molecular weight excluding hydrogens is 500 g/mol. The van der Waals surface area contributed by atoms with E-state index in [0.717, 1.165) is 23.6 Å². The molecule has 0 aliphatic rings. The second kappa shape index (κ2) is 12.3. The number of aromatic nitrogens is 1. The summed E-state index contributed by atoms with van der Waals surface area (Å²) in [6.45, 7) is 3.77. The SMILES string of the molecule is CCNC(=NCc1ccc(OC)cc1)NCCOc1ccc(C(F)(F)F)cn1.I. The largest absolute Gasteiger partial charge is 0.497 e. The molecule has 0 radical (unpaired) electrons. The second-order valence-corrected chi connectivity index (χ2v) is 5.70. The van der Waals surface area contributed by atoms with Gasteiger partial charge >= 0.3 is 6.18 Å². The number of methoxy groups -OCH3 is 1.